The Morgan fingerprint density at radius 3 is 2.47 bits per heavy atom. The van der Waals surface area contributed by atoms with Crippen LogP contribution in [0.3, 0.4) is 0 Å². The lowest BCUT2D eigenvalue weighted by Crippen LogP contribution is -2.49. The van der Waals surface area contributed by atoms with Crippen LogP contribution in [0, 0.1) is 0 Å². The number of carbonyl (C=O) groups excluding carboxylic acids is 2. The lowest BCUT2D eigenvalue weighted by Gasteiger charge is -2.32. The molecule has 5 nitrogen and oxygen atoms in total. The van der Waals surface area contributed by atoms with E-state index in [4.69, 9.17) is 9.47 Å². The molecular formula is C26H21F3O5. The van der Waals surface area contributed by atoms with Gasteiger partial charge in [0.15, 0.2) is 5.60 Å². The first kappa shape index (κ1) is 23.5. The summed E-state index contributed by atoms with van der Waals surface area (Å²) in [7, 11) is 0. The highest BCUT2D eigenvalue weighted by Crippen LogP contribution is 2.38. The Morgan fingerprint density at radius 2 is 1.79 bits per heavy atom. The van der Waals surface area contributed by atoms with Crippen molar-refractivity contribution < 1.29 is 37.3 Å². The number of hydrogen-bond donors (Lipinski definition) is 1. The molecule has 8 heteroatoms. The minimum Gasteiger partial charge on any atom is -0.489 e. The molecule has 1 atom stereocenters. The van der Waals surface area contributed by atoms with Crippen LogP contribution in [-0.2, 0) is 17.3 Å². The number of fused-ring (bicyclic) bond motifs is 1. The van der Waals surface area contributed by atoms with Gasteiger partial charge in [-0.15, -0.1) is 0 Å². The Kier molecular flexibility index (Phi) is 6.18. The molecule has 0 aromatic heterocycles. The van der Waals surface area contributed by atoms with Crippen LogP contribution in [0.15, 0.2) is 66.7 Å². The number of hydrogen-bond acceptors (Lipinski definition) is 5. The van der Waals surface area contributed by atoms with Crippen molar-refractivity contribution >= 4 is 11.8 Å². The number of Topliss-reactive ketones (excluding diaryl/α,β-unsaturated/α-hetero) is 1. The van der Waals surface area contributed by atoms with Gasteiger partial charge in [0.25, 0.3) is 0 Å². The highest BCUT2D eigenvalue weighted by molar-refractivity contribution is 6.06. The Hall–Kier alpha value is -3.65. The molecule has 0 radical (unpaired) electrons. The molecule has 1 aliphatic heterocycles. The zero-order valence-corrected chi connectivity index (χ0v) is 18.2. The highest BCUT2D eigenvalue weighted by atomic mass is 19.4. The molecule has 1 heterocycles. The summed E-state index contributed by atoms with van der Waals surface area (Å²) in [6.07, 6.45) is -4.56. The summed E-state index contributed by atoms with van der Waals surface area (Å²) in [6.45, 7) is 1.34. The molecule has 1 aliphatic rings. The molecule has 0 fully saturated rings. The molecule has 176 valence electrons. The molecule has 0 amide bonds. The van der Waals surface area contributed by atoms with Crippen LogP contribution in [0.2, 0.25) is 0 Å². The highest BCUT2D eigenvalue weighted by Gasteiger charge is 2.42. The first-order chi connectivity index (χ1) is 16.1. The lowest BCUT2D eigenvalue weighted by molar-refractivity contribution is -0.137. The van der Waals surface area contributed by atoms with Gasteiger partial charge in [0.2, 0.25) is 5.78 Å². The van der Waals surface area contributed by atoms with Gasteiger partial charge >= 0.3 is 12.1 Å². The van der Waals surface area contributed by atoms with Crippen LogP contribution >= 0.6 is 0 Å². The largest absolute Gasteiger partial charge is 0.489 e. The van der Waals surface area contributed by atoms with Gasteiger partial charge < -0.3 is 14.6 Å². The molecule has 0 saturated heterocycles. The molecule has 0 bridgehead atoms. The van der Waals surface area contributed by atoms with Gasteiger partial charge in [0.05, 0.1) is 23.3 Å². The lowest BCUT2D eigenvalue weighted by atomic mass is 9.84. The number of ether oxygens (including phenoxy) is 2. The zero-order chi connectivity index (χ0) is 24.5. The van der Waals surface area contributed by atoms with Gasteiger partial charge in [-0.2, -0.15) is 13.2 Å². The number of carbonyl (C=O) groups is 2. The van der Waals surface area contributed by atoms with Gasteiger partial charge in [0, 0.05) is 6.42 Å². The standard InChI is InChI=1S/C26H21F3O5/c1-2-33-24(31)19-11-9-18(26(27,28)29)13-21(19)17-8-10-20-22(12-17)34-15-25(32,23(20)30)14-16-6-4-3-5-7-16/h3-13,32H,2,14-15H2,1H3. The fraction of sp³-hybridized carbons (Fsp3) is 0.231. The summed E-state index contributed by atoms with van der Waals surface area (Å²) in [5.41, 5.74) is -1.64. The number of halogens is 3. The number of esters is 1. The average molecular weight is 470 g/mol. The molecule has 34 heavy (non-hydrogen) atoms. The summed E-state index contributed by atoms with van der Waals surface area (Å²) in [4.78, 5) is 25.5. The van der Waals surface area contributed by atoms with E-state index in [1.165, 1.54) is 18.2 Å². The fourth-order valence-corrected chi connectivity index (χ4v) is 3.92. The van der Waals surface area contributed by atoms with E-state index in [1.54, 1.807) is 31.2 Å². The molecule has 0 aliphatic carbocycles. The molecule has 1 N–H and O–H groups in total. The van der Waals surface area contributed by atoms with E-state index in [0.29, 0.717) is 0 Å². The van der Waals surface area contributed by atoms with Gasteiger partial charge in [-0.3, -0.25) is 4.79 Å². The maximum absolute atomic E-state index is 13.3. The van der Waals surface area contributed by atoms with E-state index in [9.17, 15) is 27.9 Å². The summed E-state index contributed by atoms with van der Waals surface area (Å²) in [5.74, 6) is -1.19. The van der Waals surface area contributed by atoms with Crippen molar-refractivity contribution in [2.45, 2.75) is 25.1 Å². The Morgan fingerprint density at radius 1 is 1.06 bits per heavy atom. The van der Waals surface area contributed by atoms with Crippen molar-refractivity contribution in [2.24, 2.45) is 0 Å². The van der Waals surface area contributed by atoms with Crippen molar-refractivity contribution in [3.8, 4) is 16.9 Å². The molecular weight excluding hydrogens is 449 g/mol. The second kappa shape index (κ2) is 8.95. The second-order valence-corrected chi connectivity index (χ2v) is 8.00. The van der Waals surface area contributed by atoms with Crippen molar-refractivity contribution in [1.82, 2.24) is 0 Å². The summed E-state index contributed by atoms with van der Waals surface area (Å²) >= 11 is 0. The summed E-state index contributed by atoms with van der Waals surface area (Å²) in [5, 5.41) is 11.0. The Balaban J connectivity index is 1.73. The topological polar surface area (TPSA) is 72.8 Å². The van der Waals surface area contributed by atoms with Crippen molar-refractivity contribution in [3.05, 3.63) is 89.0 Å². The minimum atomic E-state index is -4.61. The fourth-order valence-electron chi connectivity index (χ4n) is 3.92. The smallest absolute Gasteiger partial charge is 0.416 e. The van der Waals surface area contributed by atoms with Gasteiger partial charge in [-0.1, -0.05) is 36.4 Å². The van der Waals surface area contributed by atoms with Crippen LogP contribution in [0.1, 0.15) is 38.8 Å². The van der Waals surface area contributed by atoms with E-state index in [2.05, 4.69) is 0 Å². The molecule has 0 saturated carbocycles. The van der Waals surface area contributed by atoms with Crippen molar-refractivity contribution in [3.63, 3.8) is 0 Å². The van der Waals surface area contributed by atoms with Gasteiger partial charge in [-0.25, -0.2) is 4.79 Å². The normalized spacial score (nSPS) is 17.6. The third kappa shape index (κ3) is 4.54. The van der Waals surface area contributed by atoms with E-state index >= 15 is 0 Å². The first-order valence-electron chi connectivity index (χ1n) is 10.6. The predicted octanol–water partition coefficient (Wildman–Crippen LogP) is 5.10. The Bertz CT molecular complexity index is 1240. The molecule has 1 unspecified atom stereocenters. The molecule has 3 aromatic rings. The quantitative estimate of drug-likeness (QED) is 0.526. The summed E-state index contributed by atoms with van der Waals surface area (Å²) < 4.78 is 50.7. The monoisotopic (exact) mass is 470 g/mol. The SMILES string of the molecule is CCOC(=O)c1ccc(C(F)(F)F)cc1-c1ccc2c(c1)OCC(O)(Cc1ccccc1)C2=O. The van der Waals surface area contributed by atoms with Crippen molar-refractivity contribution in [1.29, 1.82) is 0 Å². The maximum Gasteiger partial charge on any atom is 0.416 e. The van der Waals surface area contributed by atoms with Gasteiger partial charge in [0.1, 0.15) is 12.4 Å². The van der Waals surface area contributed by atoms with Crippen LogP contribution in [0.25, 0.3) is 11.1 Å². The molecule has 0 spiro atoms. The maximum atomic E-state index is 13.3. The summed E-state index contributed by atoms with van der Waals surface area (Å²) in [6, 6.07) is 15.9. The van der Waals surface area contributed by atoms with E-state index in [-0.39, 0.29) is 47.6 Å². The second-order valence-electron chi connectivity index (χ2n) is 8.00. The van der Waals surface area contributed by atoms with Gasteiger partial charge in [-0.05, 0) is 53.9 Å². The minimum absolute atomic E-state index is 0.00255. The van der Waals surface area contributed by atoms with Crippen LogP contribution in [0.4, 0.5) is 13.2 Å². The molecule has 3 aromatic carbocycles. The van der Waals surface area contributed by atoms with Crippen LogP contribution < -0.4 is 4.74 Å². The number of rotatable bonds is 5. The third-order valence-corrected chi connectivity index (χ3v) is 5.61. The number of ketones is 1. The van der Waals surface area contributed by atoms with E-state index < -0.39 is 29.1 Å². The van der Waals surface area contributed by atoms with Crippen LogP contribution in [-0.4, -0.2) is 35.7 Å². The average Bonchev–Trinajstić information content (AvgIpc) is 2.81. The van der Waals surface area contributed by atoms with E-state index in [1.807, 2.05) is 6.07 Å². The Labute approximate surface area is 193 Å². The number of aliphatic hydroxyl groups is 1. The van der Waals surface area contributed by atoms with Crippen molar-refractivity contribution in [2.75, 3.05) is 13.2 Å². The predicted molar refractivity (Wildman–Crippen MR) is 118 cm³/mol. The number of alkyl halides is 3. The van der Waals surface area contributed by atoms with E-state index in [0.717, 1.165) is 23.8 Å². The number of benzene rings is 3. The molecule has 4 rings (SSSR count). The third-order valence-electron chi connectivity index (χ3n) is 5.61. The zero-order valence-electron chi connectivity index (χ0n) is 18.2. The first-order valence-corrected chi connectivity index (χ1v) is 10.6. The van der Waals surface area contributed by atoms with Crippen LogP contribution in [0.5, 0.6) is 5.75 Å².